The van der Waals surface area contributed by atoms with E-state index in [4.69, 9.17) is 0 Å². The van der Waals surface area contributed by atoms with Crippen LogP contribution in [0.5, 0.6) is 0 Å². The lowest BCUT2D eigenvalue weighted by Crippen LogP contribution is -2.51. The predicted octanol–water partition coefficient (Wildman–Crippen LogP) is 3.24. The molecule has 0 bridgehead atoms. The molecular weight excluding hydrogens is 473 g/mol. The highest BCUT2D eigenvalue weighted by Crippen LogP contribution is 2.35. The molecule has 0 aromatic heterocycles. The fraction of sp³-hybridized carbons (Fsp3) is 0.379. The highest BCUT2D eigenvalue weighted by atomic mass is 19.1. The molecule has 8 heteroatoms. The molecule has 1 aliphatic carbocycles. The van der Waals surface area contributed by atoms with E-state index in [2.05, 4.69) is 5.32 Å². The Kier molecular flexibility index (Phi) is 8.48. The summed E-state index contributed by atoms with van der Waals surface area (Å²) < 4.78 is 14.6. The van der Waals surface area contributed by atoms with E-state index in [-0.39, 0.29) is 61.1 Å². The number of benzene rings is 2. The lowest BCUT2D eigenvalue weighted by atomic mass is 9.85. The molecule has 1 heterocycles. The summed E-state index contributed by atoms with van der Waals surface area (Å²) in [6, 6.07) is 14.6. The van der Waals surface area contributed by atoms with Crippen LogP contribution in [-0.2, 0) is 32.1 Å². The van der Waals surface area contributed by atoms with Gasteiger partial charge in [0.25, 0.3) is 0 Å². The molecule has 37 heavy (non-hydrogen) atoms. The van der Waals surface area contributed by atoms with Gasteiger partial charge in [0.05, 0.1) is 11.8 Å². The zero-order valence-electron chi connectivity index (χ0n) is 20.9. The van der Waals surface area contributed by atoms with Gasteiger partial charge in [-0.05, 0) is 31.4 Å². The number of hydrogen-bond acceptors (Lipinski definition) is 4. The van der Waals surface area contributed by atoms with Crippen molar-refractivity contribution >= 4 is 23.6 Å². The van der Waals surface area contributed by atoms with Crippen molar-refractivity contribution in [2.45, 2.75) is 45.2 Å². The van der Waals surface area contributed by atoms with Gasteiger partial charge in [-0.2, -0.15) is 0 Å². The van der Waals surface area contributed by atoms with Crippen LogP contribution in [0.3, 0.4) is 0 Å². The van der Waals surface area contributed by atoms with E-state index >= 15 is 0 Å². The Morgan fingerprint density at radius 3 is 2.24 bits per heavy atom. The molecule has 1 saturated heterocycles. The van der Waals surface area contributed by atoms with Crippen molar-refractivity contribution in [3.05, 3.63) is 83.7 Å². The van der Waals surface area contributed by atoms with Crippen molar-refractivity contribution in [2.75, 3.05) is 13.1 Å². The third kappa shape index (κ3) is 5.96. The second kappa shape index (κ2) is 12.0. The van der Waals surface area contributed by atoms with Crippen molar-refractivity contribution in [3.63, 3.8) is 0 Å². The minimum Gasteiger partial charge on any atom is -0.355 e. The predicted molar refractivity (Wildman–Crippen MR) is 136 cm³/mol. The summed E-state index contributed by atoms with van der Waals surface area (Å²) in [5.74, 6) is -2.50. The standard InChI is InChI=1S/C29H32FN3O4/c1-2-31-27(35)25(18-20-10-4-3-5-11-20)33(19-21-12-6-9-15-24(21)30)26(34)16-17-32-28(36)22-13-7-8-14-23(22)29(32)37/h3-12,15,22-23,25H,2,13-14,16-19H2,1H3,(H,31,35)/t22-,23+,25?. The zero-order valence-corrected chi connectivity index (χ0v) is 20.9. The number of hydrogen-bond donors (Lipinski definition) is 1. The molecule has 1 aliphatic heterocycles. The van der Waals surface area contributed by atoms with Crippen LogP contribution in [0.1, 0.15) is 37.3 Å². The fourth-order valence-electron chi connectivity index (χ4n) is 5.10. The Labute approximate surface area is 216 Å². The molecule has 1 fully saturated rings. The number of rotatable bonds is 10. The average molecular weight is 506 g/mol. The van der Waals surface area contributed by atoms with Crippen LogP contribution in [0.4, 0.5) is 4.39 Å². The van der Waals surface area contributed by atoms with Gasteiger partial charge in [-0.1, -0.05) is 60.7 Å². The zero-order chi connectivity index (χ0) is 26.4. The molecule has 1 N–H and O–H groups in total. The first kappa shape index (κ1) is 26.3. The number of nitrogens with zero attached hydrogens (tertiary/aromatic N) is 2. The highest BCUT2D eigenvalue weighted by Gasteiger charge is 2.47. The van der Waals surface area contributed by atoms with E-state index in [9.17, 15) is 23.6 Å². The Bertz CT molecular complexity index is 1160. The maximum Gasteiger partial charge on any atom is 0.243 e. The van der Waals surface area contributed by atoms with E-state index < -0.39 is 17.8 Å². The number of likely N-dealkylation sites (tertiary alicyclic amines) is 1. The number of amides is 4. The molecule has 0 saturated carbocycles. The monoisotopic (exact) mass is 505 g/mol. The second-order valence-corrected chi connectivity index (χ2v) is 9.45. The van der Waals surface area contributed by atoms with Gasteiger partial charge < -0.3 is 10.2 Å². The molecule has 0 radical (unpaired) electrons. The molecule has 0 spiro atoms. The van der Waals surface area contributed by atoms with E-state index in [0.717, 1.165) is 5.56 Å². The minimum atomic E-state index is -0.897. The normalized spacial score (nSPS) is 19.5. The molecule has 3 atom stereocenters. The van der Waals surface area contributed by atoms with E-state index in [0.29, 0.717) is 19.4 Å². The maximum atomic E-state index is 14.6. The number of fused-ring (bicyclic) bond motifs is 1. The highest BCUT2D eigenvalue weighted by molar-refractivity contribution is 6.05. The van der Waals surface area contributed by atoms with E-state index in [1.54, 1.807) is 25.1 Å². The maximum absolute atomic E-state index is 14.6. The van der Waals surface area contributed by atoms with Crippen LogP contribution >= 0.6 is 0 Å². The Balaban J connectivity index is 1.58. The number of halogens is 1. The second-order valence-electron chi connectivity index (χ2n) is 9.45. The van der Waals surface area contributed by atoms with Crippen molar-refractivity contribution in [1.29, 1.82) is 0 Å². The van der Waals surface area contributed by atoms with Crippen LogP contribution < -0.4 is 5.32 Å². The minimum absolute atomic E-state index is 0.0648. The molecule has 7 nitrogen and oxygen atoms in total. The molecule has 4 rings (SSSR count). The van der Waals surface area contributed by atoms with Crippen LogP contribution in [0.15, 0.2) is 66.7 Å². The summed E-state index contributed by atoms with van der Waals surface area (Å²) in [5.41, 5.74) is 1.13. The Hall–Kier alpha value is -3.81. The van der Waals surface area contributed by atoms with E-state index in [1.807, 2.05) is 42.5 Å². The molecule has 2 aromatic rings. The van der Waals surface area contributed by atoms with E-state index in [1.165, 1.54) is 15.9 Å². The van der Waals surface area contributed by atoms with Crippen LogP contribution in [0, 0.1) is 17.7 Å². The van der Waals surface area contributed by atoms with Gasteiger partial charge in [-0.15, -0.1) is 0 Å². The van der Waals surface area contributed by atoms with Gasteiger partial charge >= 0.3 is 0 Å². The SMILES string of the molecule is CCNC(=O)C(Cc1ccccc1)N(Cc1ccccc1F)C(=O)CCN1C(=O)[C@H]2CC=CC[C@H]2C1=O. The van der Waals surface area contributed by atoms with Crippen LogP contribution in [-0.4, -0.2) is 52.6 Å². The number of carbonyl (C=O) groups is 4. The molecule has 2 aromatic carbocycles. The molecule has 1 unspecified atom stereocenters. The first-order valence-corrected chi connectivity index (χ1v) is 12.8. The summed E-state index contributed by atoms with van der Waals surface area (Å²) in [7, 11) is 0. The van der Waals surface area contributed by atoms with Crippen molar-refractivity contribution in [3.8, 4) is 0 Å². The topological polar surface area (TPSA) is 86.8 Å². The largest absolute Gasteiger partial charge is 0.355 e. The van der Waals surface area contributed by atoms with Gasteiger partial charge in [0.15, 0.2) is 0 Å². The molecule has 194 valence electrons. The summed E-state index contributed by atoms with van der Waals surface area (Å²) >= 11 is 0. The first-order chi connectivity index (χ1) is 17.9. The quantitative estimate of drug-likeness (QED) is 0.397. The van der Waals surface area contributed by atoms with Gasteiger partial charge in [-0.3, -0.25) is 24.1 Å². The number of likely N-dealkylation sites (N-methyl/N-ethyl adjacent to an activating group) is 1. The Morgan fingerprint density at radius 1 is 1.00 bits per heavy atom. The lowest BCUT2D eigenvalue weighted by molar-refractivity contribution is -0.144. The first-order valence-electron chi connectivity index (χ1n) is 12.8. The van der Waals surface area contributed by atoms with Gasteiger partial charge in [0.1, 0.15) is 11.9 Å². The van der Waals surface area contributed by atoms with Gasteiger partial charge in [0.2, 0.25) is 23.6 Å². The Morgan fingerprint density at radius 2 is 1.62 bits per heavy atom. The lowest BCUT2D eigenvalue weighted by Gasteiger charge is -2.32. The summed E-state index contributed by atoms with van der Waals surface area (Å²) in [6.07, 6.45) is 4.97. The van der Waals surface area contributed by atoms with Crippen LogP contribution in [0.25, 0.3) is 0 Å². The molecular formula is C29H32FN3O4. The number of imide groups is 1. The van der Waals surface area contributed by atoms with Gasteiger partial charge in [0, 0.05) is 38.0 Å². The number of nitrogens with one attached hydrogen (secondary N) is 1. The van der Waals surface area contributed by atoms with Crippen molar-refractivity contribution < 1.29 is 23.6 Å². The summed E-state index contributed by atoms with van der Waals surface area (Å²) in [5, 5.41) is 2.79. The van der Waals surface area contributed by atoms with Crippen LogP contribution in [0.2, 0.25) is 0 Å². The average Bonchev–Trinajstić information content (AvgIpc) is 3.15. The molecule has 2 aliphatic rings. The third-order valence-electron chi connectivity index (χ3n) is 7.07. The fourth-order valence-corrected chi connectivity index (χ4v) is 5.10. The number of carbonyl (C=O) groups excluding carboxylic acids is 4. The summed E-state index contributed by atoms with van der Waals surface area (Å²) in [4.78, 5) is 55.1. The third-order valence-corrected chi connectivity index (χ3v) is 7.07. The van der Waals surface area contributed by atoms with Crippen molar-refractivity contribution in [1.82, 2.24) is 15.1 Å². The molecule has 4 amide bonds. The number of allylic oxidation sites excluding steroid dienone is 2. The smallest absolute Gasteiger partial charge is 0.243 e. The summed E-state index contributed by atoms with van der Waals surface area (Å²) in [6.45, 7) is 1.99. The van der Waals surface area contributed by atoms with Gasteiger partial charge in [-0.25, -0.2) is 4.39 Å². The van der Waals surface area contributed by atoms with Crippen molar-refractivity contribution in [2.24, 2.45) is 11.8 Å².